The maximum Gasteiger partial charge on any atom is 0.197 e. The lowest BCUT2D eigenvalue weighted by Gasteiger charge is -2.22. The van der Waals surface area contributed by atoms with Gasteiger partial charge in [0, 0.05) is 7.11 Å². The van der Waals surface area contributed by atoms with Crippen molar-refractivity contribution in [2.24, 2.45) is 0 Å². The Balaban J connectivity index is 3.23. The monoisotopic (exact) mass is 238 g/mol. The highest BCUT2D eigenvalue weighted by Crippen LogP contribution is 2.28. The minimum atomic E-state index is -0.889. The summed E-state index contributed by atoms with van der Waals surface area (Å²) in [5.41, 5.74) is -0.432. The molecular formula is C13H18O4. The third-order valence-electron chi connectivity index (χ3n) is 2.71. The second-order valence-corrected chi connectivity index (χ2v) is 4.11. The number of benzene rings is 1. The molecule has 94 valence electrons. The fourth-order valence-electron chi connectivity index (χ4n) is 1.41. The molecule has 1 aromatic rings. The van der Waals surface area contributed by atoms with Crippen molar-refractivity contribution in [1.82, 2.24) is 0 Å². The Morgan fingerprint density at radius 3 is 2.24 bits per heavy atom. The molecule has 1 aromatic carbocycles. The fraction of sp³-hybridized carbons (Fsp3) is 0.462. The molecule has 0 bridgehead atoms. The van der Waals surface area contributed by atoms with Crippen LogP contribution in [-0.2, 0) is 4.74 Å². The Hall–Kier alpha value is -1.55. The van der Waals surface area contributed by atoms with Gasteiger partial charge in [-0.15, -0.1) is 0 Å². The van der Waals surface area contributed by atoms with E-state index in [4.69, 9.17) is 14.2 Å². The lowest BCUT2D eigenvalue weighted by molar-refractivity contribution is 0.0225. The number of ether oxygens (including phenoxy) is 3. The topological polar surface area (TPSA) is 44.8 Å². The average Bonchev–Trinajstić information content (AvgIpc) is 2.36. The molecule has 0 atom stereocenters. The standard InChI is InChI=1S/C13H18O4/c1-13(2,17-5)12(14)10-8-9(15-3)6-7-11(10)16-4/h6-8H,1-5H3. The second kappa shape index (κ2) is 5.19. The molecule has 0 saturated heterocycles. The zero-order chi connectivity index (χ0) is 13.1. The van der Waals surface area contributed by atoms with Crippen LogP contribution in [0.5, 0.6) is 11.5 Å². The highest BCUT2D eigenvalue weighted by Gasteiger charge is 2.30. The maximum atomic E-state index is 12.3. The lowest BCUT2D eigenvalue weighted by atomic mass is 9.95. The Labute approximate surface area is 101 Å². The van der Waals surface area contributed by atoms with Crippen LogP contribution in [0.3, 0.4) is 0 Å². The summed E-state index contributed by atoms with van der Waals surface area (Å²) in [6.07, 6.45) is 0. The van der Waals surface area contributed by atoms with Gasteiger partial charge in [-0.1, -0.05) is 0 Å². The van der Waals surface area contributed by atoms with Crippen LogP contribution >= 0.6 is 0 Å². The molecule has 0 amide bonds. The summed E-state index contributed by atoms with van der Waals surface area (Å²) in [6.45, 7) is 3.43. The highest BCUT2D eigenvalue weighted by molar-refractivity contribution is 6.04. The van der Waals surface area contributed by atoms with Gasteiger partial charge < -0.3 is 14.2 Å². The normalized spacial score (nSPS) is 11.1. The van der Waals surface area contributed by atoms with E-state index >= 15 is 0 Å². The van der Waals surface area contributed by atoms with Crippen LogP contribution in [0.15, 0.2) is 18.2 Å². The minimum Gasteiger partial charge on any atom is -0.497 e. The summed E-state index contributed by atoms with van der Waals surface area (Å²) in [7, 11) is 4.58. The molecule has 0 saturated carbocycles. The van der Waals surface area contributed by atoms with Gasteiger partial charge in [-0.25, -0.2) is 0 Å². The van der Waals surface area contributed by atoms with Gasteiger partial charge in [0.25, 0.3) is 0 Å². The Bertz CT molecular complexity index is 410. The quantitative estimate of drug-likeness (QED) is 0.738. The van der Waals surface area contributed by atoms with Gasteiger partial charge >= 0.3 is 0 Å². The Morgan fingerprint density at radius 2 is 1.76 bits per heavy atom. The fourth-order valence-corrected chi connectivity index (χ4v) is 1.41. The first kappa shape index (κ1) is 13.5. The van der Waals surface area contributed by atoms with Crippen LogP contribution in [0.2, 0.25) is 0 Å². The predicted molar refractivity (Wildman–Crippen MR) is 65.0 cm³/mol. The molecule has 4 heteroatoms. The van der Waals surface area contributed by atoms with E-state index in [0.717, 1.165) is 0 Å². The molecule has 1 rings (SSSR count). The summed E-state index contributed by atoms with van der Waals surface area (Å²) in [5.74, 6) is 0.984. The van der Waals surface area contributed by atoms with Crippen LogP contribution in [0.4, 0.5) is 0 Å². The van der Waals surface area contributed by atoms with E-state index in [9.17, 15) is 4.79 Å². The number of hydrogen-bond donors (Lipinski definition) is 0. The van der Waals surface area contributed by atoms with Gasteiger partial charge in [0.15, 0.2) is 5.78 Å². The molecule has 0 aliphatic carbocycles. The van der Waals surface area contributed by atoms with Gasteiger partial charge in [0.1, 0.15) is 17.1 Å². The summed E-state index contributed by atoms with van der Waals surface area (Å²) in [4.78, 5) is 12.3. The number of rotatable bonds is 5. The van der Waals surface area contributed by atoms with Crippen molar-refractivity contribution in [1.29, 1.82) is 0 Å². The number of Topliss-reactive ketones (excluding diaryl/α,β-unsaturated/α-hetero) is 1. The zero-order valence-electron chi connectivity index (χ0n) is 10.9. The van der Waals surface area contributed by atoms with Crippen molar-refractivity contribution in [3.05, 3.63) is 23.8 Å². The zero-order valence-corrected chi connectivity index (χ0v) is 10.9. The highest BCUT2D eigenvalue weighted by atomic mass is 16.5. The first-order valence-electron chi connectivity index (χ1n) is 5.28. The number of carbonyl (C=O) groups is 1. The van der Waals surface area contributed by atoms with Crippen LogP contribution < -0.4 is 9.47 Å². The van der Waals surface area contributed by atoms with Crippen molar-refractivity contribution >= 4 is 5.78 Å². The van der Waals surface area contributed by atoms with Crippen molar-refractivity contribution in [2.75, 3.05) is 21.3 Å². The Kier molecular flexibility index (Phi) is 4.12. The van der Waals surface area contributed by atoms with Gasteiger partial charge in [-0.2, -0.15) is 0 Å². The number of hydrogen-bond acceptors (Lipinski definition) is 4. The van der Waals surface area contributed by atoms with E-state index < -0.39 is 5.60 Å². The lowest BCUT2D eigenvalue weighted by Crippen LogP contribution is -2.34. The van der Waals surface area contributed by atoms with E-state index in [1.165, 1.54) is 14.2 Å². The molecular weight excluding hydrogens is 220 g/mol. The number of ketones is 1. The third kappa shape index (κ3) is 2.77. The van der Waals surface area contributed by atoms with E-state index in [1.807, 2.05) is 0 Å². The third-order valence-corrected chi connectivity index (χ3v) is 2.71. The number of methoxy groups -OCH3 is 3. The van der Waals surface area contributed by atoms with E-state index in [-0.39, 0.29) is 5.78 Å². The predicted octanol–water partition coefficient (Wildman–Crippen LogP) is 2.31. The van der Waals surface area contributed by atoms with E-state index in [2.05, 4.69) is 0 Å². The van der Waals surface area contributed by atoms with Gasteiger partial charge in [0.05, 0.1) is 19.8 Å². The second-order valence-electron chi connectivity index (χ2n) is 4.11. The molecule has 4 nitrogen and oxygen atoms in total. The molecule has 0 radical (unpaired) electrons. The van der Waals surface area contributed by atoms with Gasteiger partial charge in [-0.3, -0.25) is 4.79 Å². The summed E-state index contributed by atoms with van der Waals surface area (Å²) < 4.78 is 15.5. The molecule has 0 heterocycles. The van der Waals surface area contributed by atoms with Crippen LogP contribution in [0, 0.1) is 0 Å². The maximum absolute atomic E-state index is 12.3. The van der Waals surface area contributed by atoms with Gasteiger partial charge in [0.2, 0.25) is 0 Å². The smallest absolute Gasteiger partial charge is 0.197 e. The molecule has 0 N–H and O–H groups in total. The summed E-state index contributed by atoms with van der Waals surface area (Å²) in [5, 5.41) is 0. The van der Waals surface area contributed by atoms with Crippen molar-refractivity contribution in [2.45, 2.75) is 19.4 Å². The van der Waals surface area contributed by atoms with Crippen LogP contribution in [-0.4, -0.2) is 32.7 Å². The number of carbonyl (C=O) groups excluding carboxylic acids is 1. The van der Waals surface area contributed by atoms with Crippen molar-refractivity contribution in [3.8, 4) is 11.5 Å². The van der Waals surface area contributed by atoms with Crippen molar-refractivity contribution in [3.63, 3.8) is 0 Å². The van der Waals surface area contributed by atoms with Crippen LogP contribution in [0.25, 0.3) is 0 Å². The summed E-state index contributed by atoms with van der Waals surface area (Å²) in [6, 6.07) is 5.11. The first-order chi connectivity index (χ1) is 7.96. The van der Waals surface area contributed by atoms with Crippen LogP contribution in [0.1, 0.15) is 24.2 Å². The average molecular weight is 238 g/mol. The minimum absolute atomic E-state index is 0.143. The molecule has 17 heavy (non-hydrogen) atoms. The van der Waals surface area contributed by atoms with E-state index in [1.54, 1.807) is 39.2 Å². The summed E-state index contributed by atoms with van der Waals surface area (Å²) >= 11 is 0. The van der Waals surface area contributed by atoms with Crippen molar-refractivity contribution < 1.29 is 19.0 Å². The largest absolute Gasteiger partial charge is 0.497 e. The molecule has 0 unspecified atom stereocenters. The molecule has 0 aliphatic heterocycles. The molecule has 0 aliphatic rings. The first-order valence-corrected chi connectivity index (χ1v) is 5.28. The molecule has 0 fully saturated rings. The SMILES string of the molecule is COc1ccc(OC)c(C(=O)C(C)(C)OC)c1. The van der Waals surface area contributed by atoms with Gasteiger partial charge in [-0.05, 0) is 32.0 Å². The molecule has 0 aromatic heterocycles. The molecule has 0 spiro atoms. The van der Waals surface area contributed by atoms with E-state index in [0.29, 0.717) is 17.1 Å². The Morgan fingerprint density at radius 1 is 1.12 bits per heavy atom.